The lowest BCUT2D eigenvalue weighted by Crippen LogP contribution is -2.39. The Kier molecular flexibility index (Phi) is 9.63. The number of fused-ring (bicyclic) bond motifs is 1. The number of benzene rings is 3. The SMILES string of the molecule is CCOc1ccc([C@H]2C(C(=O)OC)=CN=c3s/c(=C/c4cc(C)n(-c5ccc(OCc6ccccc6)cc5)c4C)c(=O)n32)cc1OCC. The van der Waals surface area contributed by atoms with Crippen molar-refractivity contribution in [2.24, 2.45) is 4.99 Å². The topological polar surface area (TPSA) is 93.3 Å². The Hall–Kier alpha value is -5.35. The smallest absolute Gasteiger partial charge is 0.337 e. The third kappa shape index (κ3) is 6.44. The zero-order chi connectivity index (χ0) is 33.8. The zero-order valence-corrected chi connectivity index (χ0v) is 28.4. The molecule has 1 aliphatic heterocycles. The van der Waals surface area contributed by atoms with E-state index in [2.05, 4.69) is 15.6 Å². The molecule has 3 aromatic carbocycles. The number of carbonyl (C=O) groups is 1. The Morgan fingerprint density at radius 2 is 1.65 bits per heavy atom. The van der Waals surface area contributed by atoms with E-state index in [0.29, 0.717) is 46.2 Å². The van der Waals surface area contributed by atoms with Gasteiger partial charge in [0.05, 0.1) is 36.5 Å². The molecule has 1 aliphatic rings. The molecule has 0 bridgehead atoms. The molecule has 0 unspecified atom stereocenters. The Morgan fingerprint density at radius 3 is 2.35 bits per heavy atom. The van der Waals surface area contributed by atoms with Crippen LogP contribution in [-0.4, -0.2) is 35.4 Å². The van der Waals surface area contributed by atoms with Gasteiger partial charge in [-0.2, -0.15) is 0 Å². The minimum Gasteiger partial charge on any atom is -0.490 e. The summed E-state index contributed by atoms with van der Waals surface area (Å²) in [7, 11) is 1.32. The van der Waals surface area contributed by atoms with Gasteiger partial charge < -0.3 is 23.5 Å². The fourth-order valence-electron chi connectivity index (χ4n) is 5.89. The number of hydrogen-bond acceptors (Lipinski definition) is 8. The molecular weight excluding hydrogens is 627 g/mol. The summed E-state index contributed by atoms with van der Waals surface area (Å²) in [5.41, 5.74) is 5.68. The number of methoxy groups -OCH3 is 1. The summed E-state index contributed by atoms with van der Waals surface area (Å²) in [6.45, 7) is 9.25. The van der Waals surface area contributed by atoms with Crippen molar-refractivity contribution in [1.82, 2.24) is 9.13 Å². The second-order valence-corrected chi connectivity index (χ2v) is 12.2. The number of rotatable bonds is 11. The molecule has 9 nitrogen and oxygen atoms in total. The van der Waals surface area contributed by atoms with Crippen LogP contribution in [-0.2, 0) is 16.1 Å². The number of hydrogen-bond donors (Lipinski definition) is 0. The summed E-state index contributed by atoms with van der Waals surface area (Å²) in [5.74, 6) is 1.34. The van der Waals surface area contributed by atoms with Gasteiger partial charge in [0.15, 0.2) is 16.3 Å². The maximum Gasteiger partial charge on any atom is 0.337 e. The van der Waals surface area contributed by atoms with E-state index in [4.69, 9.17) is 18.9 Å². The first-order chi connectivity index (χ1) is 23.3. The van der Waals surface area contributed by atoms with E-state index in [1.165, 1.54) is 24.6 Å². The van der Waals surface area contributed by atoms with Crippen molar-refractivity contribution >= 4 is 23.4 Å². The van der Waals surface area contributed by atoms with Crippen LogP contribution in [0.4, 0.5) is 0 Å². The molecule has 10 heteroatoms. The summed E-state index contributed by atoms with van der Waals surface area (Å²) in [6, 6.07) is 24.8. The van der Waals surface area contributed by atoms with Gasteiger partial charge in [-0.05, 0) is 92.9 Å². The Bertz CT molecular complexity index is 2160. The molecule has 0 radical (unpaired) electrons. The largest absolute Gasteiger partial charge is 0.490 e. The first-order valence-electron chi connectivity index (χ1n) is 15.8. The van der Waals surface area contributed by atoms with Crippen molar-refractivity contribution < 1.29 is 23.7 Å². The minimum absolute atomic E-state index is 0.248. The van der Waals surface area contributed by atoms with Gasteiger partial charge in [-0.25, -0.2) is 9.79 Å². The quantitative estimate of drug-likeness (QED) is 0.166. The van der Waals surface area contributed by atoms with E-state index in [9.17, 15) is 9.59 Å². The summed E-state index contributed by atoms with van der Waals surface area (Å²) < 4.78 is 26.9. The molecule has 2 aromatic heterocycles. The van der Waals surface area contributed by atoms with Crippen LogP contribution >= 0.6 is 11.3 Å². The Morgan fingerprint density at radius 1 is 0.917 bits per heavy atom. The zero-order valence-electron chi connectivity index (χ0n) is 27.6. The second kappa shape index (κ2) is 14.2. The normalized spacial score (nSPS) is 14.1. The Labute approximate surface area is 282 Å². The monoisotopic (exact) mass is 663 g/mol. The fraction of sp³-hybridized carbons (Fsp3) is 0.237. The molecule has 1 atom stereocenters. The van der Waals surface area contributed by atoms with Crippen molar-refractivity contribution in [2.45, 2.75) is 40.3 Å². The van der Waals surface area contributed by atoms with Crippen molar-refractivity contribution in [2.75, 3.05) is 20.3 Å². The molecule has 48 heavy (non-hydrogen) atoms. The molecule has 0 saturated heterocycles. The Balaban J connectivity index is 1.36. The number of carbonyl (C=O) groups excluding carboxylic acids is 1. The molecule has 246 valence electrons. The summed E-state index contributed by atoms with van der Waals surface area (Å²) in [6.07, 6.45) is 3.38. The van der Waals surface area contributed by atoms with Crippen LogP contribution in [0, 0.1) is 13.8 Å². The molecule has 0 N–H and O–H groups in total. The standard InChI is InChI=1S/C38H37N3O6S/c1-6-45-32-18-13-27(20-33(32)46-7-2)35-31(37(43)44-5)22-39-38-41(35)36(42)34(48-38)21-28-19-24(3)40(25(28)4)29-14-16-30(17-15-29)47-23-26-11-9-8-10-12-26/h8-22,35H,6-7,23H2,1-5H3/b34-21+/t35-/m0/s1. The highest BCUT2D eigenvalue weighted by Gasteiger charge is 2.31. The average molecular weight is 664 g/mol. The lowest BCUT2D eigenvalue weighted by molar-refractivity contribution is -0.136. The third-order valence-electron chi connectivity index (χ3n) is 8.11. The van der Waals surface area contributed by atoms with Gasteiger partial charge in [0, 0.05) is 23.3 Å². The van der Waals surface area contributed by atoms with Gasteiger partial charge in [-0.3, -0.25) is 9.36 Å². The van der Waals surface area contributed by atoms with Gasteiger partial charge >= 0.3 is 5.97 Å². The van der Waals surface area contributed by atoms with Crippen LogP contribution in [0.3, 0.4) is 0 Å². The molecule has 3 heterocycles. The van der Waals surface area contributed by atoms with E-state index in [1.807, 2.05) is 101 Å². The predicted octanol–water partition coefficient (Wildman–Crippen LogP) is 5.80. The highest BCUT2D eigenvalue weighted by molar-refractivity contribution is 7.07. The molecule has 0 aliphatic carbocycles. The summed E-state index contributed by atoms with van der Waals surface area (Å²) in [4.78, 5) is 32.1. The minimum atomic E-state index is -0.763. The summed E-state index contributed by atoms with van der Waals surface area (Å²) >= 11 is 1.28. The maximum absolute atomic E-state index is 14.1. The highest BCUT2D eigenvalue weighted by Crippen LogP contribution is 2.35. The first kappa shape index (κ1) is 32.6. The number of aromatic nitrogens is 2. The lowest BCUT2D eigenvalue weighted by atomic mass is 9.97. The second-order valence-electron chi connectivity index (χ2n) is 11.2. The van der Waals surface area contributed by atoms with Gasteiger partial charge in [0.2, 0.25) is 0 Å². The van der Waals surface area contributed by atoms with Crippen LogP contribution in [0.5, 0.6) is 17.2 Å². The van der Waals surface area contributed by atoms with Crippen molar-refractivity contribution in [3.63, 3.8) is 0 Å². The van der Waals surface area contributed by atoms with E-state index >= 15 is 0 Å². The van der Waals surface area contributed by atoms with Crippen LogP contribution in [0.2, 0.25) is 0 Å². The first-order valence-corrected chi connectivity index (χ1v) is 16.6. The molecule has 0 fully saturated rings. The molecule has 6 rings (SSSR count). The molecule has 0 saturated carbocycles. The van der Waals surface area contributed by atoms with Crippen LogP contribution in [0.1, 0.15) is 48.0 Å². The van der Waals surface area contributed by atoms with E-state index in [0.717, 1.165) is 34.0 Å². The number of ether oxygens (including phenoxy) is 4. The van der Waals surface area contributed by atoms with Gasteiger partial charge in [0.25, 0.3) is 5.56 Å². The summed E-state index contributed by atoms with van der Waals surface area (Å²) in [5, 5.41) is 0. The molecule has 5 aromatic rings. The predicted molar refractivity (Wildman–Crippen MR) is 186 cm³/mol. The van der Waals surface area contributed by atoms with Gasteiger partial charge in [0.1, 0.15) is 12.4 Å². The highest BCUT2D eigenvalue weighted by atomic mass is 32.1. The maximum atomic E-state index is 14.1. The van der Waals surface area contributed by atoms with Crippen molar-refractivity contribution in [1.29, 1.82) is 0 Å². The van der Waals surface area contributed by atoms with Crippen molar-refractivity contribution in [3.05, 3.63) is 138 Å². The van der Waals surface area contributed by atoms with E-state index < -0.39 is 12.0 Å². The van der Waals surface area contributed by atoms with Crippen molar-refractivity contribution in [3.8, 4) is 22.9 Å². The van der Waals surface area contributed by atoms with Crippen LogP contribution < -0.4 is 29.1 Å². The van der Waals surface area contributed by atoms with E-state index in [-0.39, 0.29) is 11.1 Å². The third-order valence-corrected chi connectivity index (χ3v) is 9.11. The molecular formula is C38H37N3O6S. The molecule has 0 spiro atoms. The van der Waals surface area contributed by atoms with Crippen LogP contribution in [0.15, 0.2) is 100 Å². The van der Waals surface area contributed by atoms with E-state index in [1.54, 1.807) is 10.6 Å². The number of aryl methyl sites for hydroxylation is 1. The van der Waals surface area contributed by atoms with Gasteiger partial charge in [-0.1, -0.05) is 47.7 Å². The lowest BCUT2D eigenvalue weighted by Gasteiger charge is -2.23. The fourth-order valence-corrected chi connectivity index (χ4v) is 6.85. The van der Waals surface area contributed by atoms with Gasteiger partial charge in [-0.15, -0.1) is 0 Å². The molecule has 0 amide bonds. The average Bonchev–Trinajstić information content (AvgIpc) is 3.57. The number of thiazole rings is 1. The number of nitrogens with zero attached hydrogens (tertiary/aromatic N) is 3. The van der Waals surface area contributed by atoms with Crippen LogP contribution in [0.25, 0.3) is 11.8 Å². The number of esters is 1.